The third-order valence-corrected chi connectivity index (χ3v) is 9.74. The van der Waals surface area contributed by atoms with Crippen molar-refractivity contribution < 1.29 is 9.18 Å². The van der Waals surface area contributed by atoms with E-state index in [1.807, 2.05) is 22.8 Å². The first kappa shape index (κ1) is 35.9. The van der Waals surface area contributed by atoms with Gasteiger partial charge in [0.05, 0.1) is 42.3 Å². The molecule has 2 aliphatic rings. The largest absolute Gasteiger partial charge is 0.335 e. The van der Waals surface area contributed by atoms with Gasteiger partial charge in [0.25, 0.3) is 5.91 Å². The second-order valence-corrected chi connectivity index (χ2v) is 12.7. The van der Waals surface area contributed by atoms with Gasteiger partial charge in [-0.05, 0) is 92.8 Å². The molecule has 0 saturated carbocycles. The lowest BCUT2D eigenvalue weighted by atomic mass is 10.0. The number of fused-ring (bicyclic) bond motifs is 4. The van der Waals surface area contributed by atoms with Crippen molar-refractivity contribution in [1.29, 1.82) is 5.26 Å². The molecule has 262 valence electrons. The van der Waals surface area contributed by atoms with Crippen molar-refractivity contribution in [2.75, 3.05) is 19.6 Å². The Morgan fingerprint density at radius 2 is 1.90 bits per heavy atom. The van der Waals surface area contributed by atoms with E-state index in [1.54, 1.807) is 51.4 Å². The van der Waals surface area contributed by atoms with Gasteiger partial charge in [-0.2, -0.15) is 10.2 Å². The summed E-state index contributed by atoms with van der Waals surface area (Å²) in [7, 11) is 0. The van der Waals surface area contributed by atoms with E-state index in [9.17, 15) is 19.2 Å². The quantitative estimate of drug-likeness (QED) is 0.234. The highest BCUT2D eigenvalue weighted by Crippen LogP contribution is 2.32. The van der Waals surface area contributed by atoms with Crippen LogP contribution in [0.15, 0.2) is 59.7 Å². The van der Waals surface area contributed by atoms with Crippen LogP contribution in [0.5, 0.6) is 0 Å². The van der Waals surface area contributed by atoms with Crippen LogP contribution in [0, 0.1) is 24.1 Å². The van der Waals surface area contributed by atoms with Crippen molar-refractivity contribution >= 4 is 64.5 Å². The Hall–Kier alpha value is -4.87. The number of benzene rings is 1. The highest BCUT2D eigenvalue weighted by Gasteiger charge is 2.30. The Balaban J connectivity index is 0.00000224. The van der Waals surface area contributed by atoms with Crippen LogP contribution >= 0.6 is 36.4 Å². The minimum Gasteiger partial charge on any atom is -0.331 e. The predicted molar refractivity (Wildman–Crippen MR) is 195 cm³/mol. The summed E-state index contributed by atoms with van der Waals surface area (Å²) in [6, 6.07) is 13.6. The number of aryl methyl sites for hydroxylation is 1. The SMILES string of the molecule is Cc1nc(Cl)nc2c1n(-c1ccc(C(=O)N3CCc4c(n(Cc5ccc(C#N)cc5F)c5ncccc45)C3)nc1)c(=O)n2C1CCNCC1.Cl.Cl. The van der Waals surface area contributed by atoms with Crippen molar-refractivity contribution in [3.05, 3.63) is 110 Å². The number of imidazole rings is 1. The van der Waals surface area contributed by atoms with Crippen LogP contribution in [0.4, 0.5) is 4.39 Å². The number of pyridine rings is 2. The lowest BCUT2D eigenvalue weighted by Gasteiger charge is -2.28. The predicted octanol–water partition coefficient (Wildman–Crippen LogP) is 5.31. The zero-order valence-electron chi connectivity index (χ0n) is 27.3. The molecule has 0 atom stereocenters. The molecule has 16 heteroatoms. The van der Waals surface area contributed by atoms with E-state index in [4.69, 9.17) is 11.6 Å². The number of nitrogens with zero attached hydrogens (tertiary/aromatic N) is 9. The van der Waals surface area contributed by atoms with E-state index < -0.39 is 5.82 Å². The van der Waals surface area contributed by atoms with E-state index in [-0.39, 0.29) is 72.1 Å². The molecule has 1 N–H and O–H groups in total. The van der Waals surface area contributed by atoms with Crippen molar-refractivity contribution in [1.82, 2.24) is 43.9 Å². The summed E-state index contributed by atoms with van der Waals surface area (Å²) in [6.45, 7) is 4.33. The molecule has 1 saturated heterocycles. The number of aromatic nitrogens is 7. The summed E-state index contributed by atoms with van der Waals surface area (Å²) >= 11 is 6.25. The van der Waals surface area contributed by atoms with E-state index in [0.717, 1.165) is 42.6 Å². The lowest BCUT2D eigenvalue weighted by Crippen LogP contribution is -2.37. The van der Waals surface area contributed by atoms with Crippen LogP contribution in [0.2, 0.25) is 5.28 Å². The summed E-state index contributed by atoms with van der Waals surface area (Å²) < 4.78 is 20.2. The number of carbonyl (C=O) groups is 1. The maximum absolute atomic E-state index is 15.0. The van der Waals surface area contributed by atoms with Gasteiger partial charge in [-0.1, -0.05) is 6.07 Å². The number of nitriles is 1. The summed E-state index contributed by atoms with van der Waals surface area (Å²) in [6.07, 6.45) is 5.38. The molecular weight excluding hydrogens is 718 g/mol. The summed E-state index contributed by atoms with van der Waals surface area (Å²) in [4.78, 5) is 47.5. The van der Waals surface area contributed by atoms with Gasteiger partial charge in [-0.3, -0.25) is 13.9 Å². The standard InChI is InChI=1S/C35H30ClFN10O2.2ClH/c1-20-30-32(43-34(36)42-20)47(23-8-12-39-13-9-23)35(49)46(30)24-6-7-28(41-17-24)33(48)44-14-10-25-26-3-2-11-40-31(26)45(29(25)19-44)18-22-5-4-21(16-38)15-27(22)37;;/h2-7,11,15,17,23,39H,8-10,12-14,18-19H2,1H3;2*1H. The van der Waals surface area contributed by atoms with Gasteiger partial charge in [-0.15, -0.1) is 24.8 Å². The fraction of sp³-hybridized carbons (Fsp3) is 0.286. The van der Waals surface area contributed by atoms with Gasteiger partial charge in [-0.25, -0.2) is 24.1 Å². The summed E-state index contributed by atoms with van der Waals surface area (Å²) in [5, 5.41) is 13.6. The van der Waals surface area contributed by atoms with Gasteiger partial charge in [0.2, 0.25) is 5.28 Å². The number of halogens is 4. The van der Waals surface area contributed by atoms with Gasteiger partial charge >= 0.3 is 5.69 Å². The molecule has 0 aliphatic carbocycles. The van der Waals surface area contributed by atoms with Crippen LogP contribution in [0.1, 0.15) is 57.5 Å². The van der Waals surface area contributed by atoms with Gasteiger partial charge in [0, 0.05) is 35.4 Å². The number of hydrogen-bond donors (Lipinski definition) is 1. The Labute approximate surface area is 308 Å². The van der Waals surface area contributed by atoms with E-state index in [1.165, 1.54) is 12.3 Å². The highest BCUT2D eigenvalue weighted by molar-refractivity contribution is 6.28. The first-order valence-electron chi connectivity index (χ1n) is 16.1. The fourth-order valence-corrected chi connectivity index (χ4v) is 7.41. The Bertz CT molecular complexity index is 2390. The van der Waals surface area contributed by atoms with Crippen molar-refractivity contribution in [2.24, 2.45) is 0 Å². The Morgan fingerprint density at radius 3 is 2.63 bits per heavy atom. The molecule has 0 radical (unpaired) electrons. The number of hydrogen-bond acceptors (Lipinski definition) is 8. The molecule has 1 fully saturated rings. The van der Waals surface area contributed by atoms with Crippen LogP contribution < -0.4 is 11.0 Å². The average Bonchev–Trinajstić information content (AvgIpc) is 3.59. The second-order valence-electron chi connectivity index (χ2n) is 12.4. The Kier molecular flexibility index (Phi) is 10.1. The van der Waals surface area contributed by atoms with Crippen LogP contribution in [-0.4, -0.2) is 64.1 Å². The third-order valence-electron chi connectivity index (χ3n) is 9.57. The molecule has 6 aromatic rings. The normalized spacial score (nSPS) is 14.5. The molecule has 0 unspecified atom stereocenters. The molecule has 2 aliphatic heterocycles. The molecule has 5 aromatic heterocycles. The van der Waals surface area contributed by atoms with Crippen LogP contribution in [-0.2, 0) is 19.5 Å². The number of piperidine rings is 1. The molecule has 0 bridgehead atoms. The van der Waals surface area contributed by atoms with Crippen molar-refractivity contribution in [3.63, 3.8) is 0 Å². The van der Waals surface area contributed by atoms with Crippen LogP contribution in [0.3, 0.4) is 0 Å². The molecule has 0 spiro atoms. The zero-order chi connectivity index (χ0) is 33.8. The highest BCUT2D eigenvalue weighted by atomic mass is 35.5. The third kappa shape index (κ3) is 6.22. The van der Waals surface area contributed by atoms with E-state index in [0.29, 0.717) is 46.7 Å². The molecule has 1 amide bonds. The topological polar surface area (TPSA) is 140 Å². The molecule has 7 heterocycles. The lowest BCUT2D eigenvalue weighted by molar-refractivity contribution is 0.0724. The van der Waals surface area contributed by atoms with Gasteiger partial charge in [0.15, 0.2) is 5.65 Å². The molecule has 1 aromatic carbocycles. The Morgan fingerprint density at radius 1 is 1.10 bits per heavy atom. The maximum atomic E-state index is 15.0. The van der Waals surface area contributed by atoms with E-state index >= 15 is 0 Å². The van der Waals surface area contributed by atoms with Crippen molar-refractivity contribution in [3.8, 4) is 11.8 Å². The minimum absolute atomic E-state index is 0. The molecule has 12 nitrogen and oxygen atoms in total. The summed E-state index contributed by atoms with van der Waals surface area (Å²) in [5.41, 5.74) is 5.39. The first-order chi connectivity index (χ1) is 23.8. The number of rotatable bonds is 5. The van der Waals surface area contributed by atoms with Gasteiger partial charge in [0.1, 0.15) is 22.7 Å². The minimum atomic E-state index is -0.471. The molecule has 51 heavy (non-hydrogen) atoms. The second kappa shape index (κ2) is 14.4. The smallest absolute Gasteiger partial charge is 0.331 e. The average molecular weight is 750 g/mol. The van der Waals surface area contributed by atoms with Gasteiger partial charge < -0.3 is 14.8 Å². The zero-order valence-corrected chi connectivity index (χ0v) is 29.7. The summed E-state index contributed by atoms with van der Waals surface area (Å²) in [5.74, 6) is -0.733. The van der Waals surface area contributed by atoms with E-state index in [2.05, 4.69) is 25.3 Å². The first-order valence-corrected chi connectivity index (χ1v) is 16.5. The number of nitrogens with one attached hydrogen (secondary N) is 1. The number of carbonyl (C=O) groups excluding carboxylic acids is 1. The molecule has 8 rings (SSSR count). The fourth-order valence-electron chi connectivity index (χ4n) is 7.20. The van der Waals surface area contributed by atoms with Crippen LogP contribution in [0.25, 0.3) is 27.9 Å². The monoisotopic (exact) mass is 748 g/mol. The van der Waals surface area contributed by atoms with Crippen molar-refractivity contribution in [2.45, 2.75) is 45.3 Å². The molecular formula is C35H32Cl3FN10O2. The number of amides is 1. The maximum Gasteiger partial charge on any atom is 0.335 e.